The van der Waals surface area contributed by atoms with Crippen LogP contribution in [0.3, 0.4) is 0 Å². The van der Waals surface area contributed by atoms with E-state index in [1.165, 1.54) is 22.3 Å². The number of aliphatic hydroxyl groups is 2. The maximum Gasteiger partial charge on any atom is 0.0653 e. The number of hydrogen-bond donors (Lipinski definition) is 2. The minimum Gasteiger partial charge on any atom is -0.390 e. The van der Waals surface area contributed by atoms with Crippen LogP contribution in [0, 0.1) is 11.8 Å². The van der Waals surface area contributed by atoms with Crippen molar-refractivity contribution < 1.29 is 10.2 Å². The summed E-state index contributed by atoms with van der Waals surface area (Å²) in [7, 11) is 0. The van der Waals surface area contributed by atoms with E-state index in [2.05, 4.69) is 65.8 Å². The zero-order valence-electron chi connectivity index (χ0n) is 22.4. The van der Waals surface area contributed by atoms with Gasteiger partial charge in [-0.05, 0) is 131 Å². The highest BCUT2D eigenvalue weighted by molar-refractivity contribution is 5.07. The molecule has 2 nitrogen and oxygen atoms in total. The zero-order valence-corrected chi connectivity index (χ0v) is 22.4. The first-order valence-electron chi connectivity index (χ1n) is 12.9. The van der Waals surface area contributed by atoms with Gasteiger partial charge in [0.25, 0.3) is 0 Å². The van der Waals surface area contributed by atoms with E-state index in [0.717, 1.165) is 64.2 Å². The second-order valence-electron chi connectivity index (χ2n) is 11.4. The first-order chi connectivity index (χ1) is 14.8. The molecule has 184 valence electrons. The van der Waals surface area contributed by atoms with Crippen molar-refractivity contribution in [3.63, 3.8) is 0 Å². The zero-order chi connectivity index (χ0) is 24.4. The Kier molecular flexibility index (Phi) is 12.2. The molecule has 2 aliphatic carbocycles. The van der Waals surface area contributed by atoms with Crippen LogP contribution in [0.4, 0.5) is 0 Å². The predicted octanol–water partition coefficient (Wildman–Crippen LogP) is 8.46. The summed E-state index contributed by atoms with van der Waals surface area (Å²) in [5.74, 6) is 0.892. The monoisotopic (exact) mass is 444 g/mol. The van der Waals surface area contributed by atoms with Crippen LogP contribution < -0.4 is 0 Å². The van der Waals surface area contributed by atoms with Gasteiger partial charge in [0, 0.05) is 0 Å². The van der Waals surface area contributed by atoms with Gasteiger partial charge in [-0.3, -0.25) is 0 Å². The van der Waals surface area contributed by atoms with Gasteiger partial charge < -0.3 is 10.2 Å². The molecule has 0 spiro atoms. The van der Waals surface area contributed by atoms with Gasteiger partial charge in [0.1, 0.15) is 0 Å². The number of rotatable bonds is 8. The third-order valence-corrected chi connectivity index (χ3v) is 7.44. The van der Waals surface area contributed by atoms with Crippen molar-refractivity contribution in [1.82, 2.24) is 0 Å². The Morgan fingerprint density at radius 2 is 1.12 bits per heavy atom. The van der Waals surface area contributed by atoms with Crippen LogP contribution in [0.5, 0.6) is 0 Å². The van der Waals surface area contributed by atoms with Gasteiger partial charge in [-0.2, -0.15) is 0 Å². The fraction of sp³-hybridized carbons (Fsp3) is 0.733. The molecule has 0 radical (unpaired) electrons. The van der Waals surface area contributed by atoms with Gasteiger partial charge in [0.15, 0.2) is 0 Å². The van der Waals surface area contributed by atoms with Crippen LogP contribution >= 0.6 is 0 Å². The van der Waals surface area contributed by atoms with Gasteiger partial charge >= 0.3 is 0 Å². The van der Waals surface area contributed by atoms with Crippen molar-refractivity contribution >= 4 is 0 Å². The fourth-order valence-electron chi connectivity index (χ4n) is 4.77. The Bertz CT molecular complexity index is 620. The lowest BCUT2D eigenvalue weighted by Gasteiger charge is -2.34. The molecule has 0 saturated carbocycles. The van der Waals surface area contributed by atoms with Crippen molar-refractivity contribution in [3.05, 3.63) is 46.6 Å². The number of hydrogen-bond acceptors (Lipinski definition) is 2. The Morgan fingerprint density at radius 3 is 1.38 bits per heavy atom. The molecule has 2 aliphatic rings. The second kappa shape index (κ2) is 13.6. The summed E-state index contributed by atoms with van der Waals surface area (Å²) in [5, 5.41) is 21.0. The van der Waals surface area contributed by atoms with Crippen LogP contribution in [0.2, 0.25) is 0 Å². The average Bonchev–Trinajstić information content (AvgIpc) is 2.68. The molecular formula is C30H52O2. The van der Waals surface area contributed by atoms with Gasteiger partial charge in [0.05, 0.1) is 11.2 Å². The molecule has 2 rings (SSSR count). The van der Waals surface area contributed by atoms with Crippen LogP contribution in [-0.2, 0) is 0 Å². The Balaban J connectivity index is 0.000000320. The highest BCUT2D eigenvalue weighted by Gasteiger charge is 2.32. The highest BCUT2D eigenvalue weighted by atomic mass is 16.3. The molecule has 0 aromatic rings. The SMILES string of the molecule is CC(C)=CCC[C@](C)(O)[C@H]1CC=C(C)CC1.CC(C)=CCC[C@](C)(O)[C@H]1CC=C(C)CC1. The Morgan fingerprint density at radius 1 is 0.781 bits per heavy atom. The molecule has 32 heavy (non-hydrogen) atoms. The van der Waals surface area contributed by atoms with E-state index in [1.54, 1.807) is 0 Å². The summed E-state index contributed by atoms with van der Waals surface area (Å²) in [4.78, 5) is 0. The fourth-order valence-corrected chi connectivity index (χ4v) is 4.77. The van der Waals surface area contributed by atoms with Crippen molar-refractivity contribution in [3.8, 4) is 0 Å². The first kappa shape index (κ1) is 28.9. The third-order valence-electron chi connectivity index (χ3n) is 7.44. The van der Waals surface area contributed by atoms with Crippen LogP contribution in [0.1, 0.15) is 120 Å². The maximum absolute atomic E-state index is 10.5. The molecule has 0 bridgehead atoms. The van der Waals surface area contributed by atoms with Gasteiger partial charge in [-0.15, -0.1) is 0 Å². The lowest BCUT2D eigenvalue weighted by Crippen LogP contribution is -2.35. The summed E-state index contributed by atoms with van der Waals surface area (Å²) >= 11 is 0. The van der Waals surface area contributed by atoms with Crippen LogP contribution in [0.25, 0.3) is 0 Å². The van der Waals surface area contributed by atoms with Crippen LogP contribution in [-0.4, -0.2) is 21.4 Å². The molecular weight excluding hydrogens is 392 g/mol. The molecule has 2 heteroatoms. The molecule has 4 atom stereocenters. The lowest BCUT2D eigenvalue weighted by molar-refractivity contribution is -0.0125. The lowest BCUT2D eigenvalue weighted by atomic mass is 9.76. The van der Waals surface area contributed by atoms with E-state index < -0.39 is 11.2 Å². The third kappa shape index (κ3) is 11.1. The molecule has 2 N–H and O–H groups in total. The standard InChI is InChI=1S/2C15H26O/c2*1-12(2)6-5-11-15(4,16)14-9-7-13(3)8-10-14/h2*6-7,14,16H,5,8-11H2,1-4H3/t2*14-,15-/m00/s1. The molecule has 0 saturated heterocycles. The number of allylic oxidation sites excluding steroid dienone is 8. The van der Waals surface area contributed by atoms with E-state index in [9.17, 15) is 10.2 Å². The van der Waals surface area contributed by atoms with Crippen LogP contribution in [0.15, 0.2) is 46.6 Å². The van der Waals surface area contributed by atoms with E-state index >= 15 is 0 Å². The molecule has 0 amide bonds. The Hall–Kier alpha value is -1.12. The Labute approximate surface area is 199 Å². The summed E-state index contributed by atoms with van der Waals surface area (Å²) < 4.78 is 0. The summed E-state index contributed by atoms with van der Waals surface area (Å²) in [5.41, 5.74) is 4.66. The minimum absolute atomic E-state index is 0.446. The quantitative estimate of drug-likeness (QED) is 0.369. The average molecular weight is 445 g/mol. The molecule has 0 aromatic heterocycles. The summed E-state index contributed by atoms with van der Waals surface area (Å²) in [6.07, 6.45) is 19.5. The van der Waals surface area contributed by atoms with Crippen molar-refractivity contribution in [2.45, 2.75) is 131 Å². The topological polar surface area (TPSA) is 40.5 Å². The highest BCUT2D eigenvalue weighted by Crippen LogP contribution is 2.35. The first-order valence-corrected chi connectivity index (χ1v) is 12.9. The summed E-state index contributed by atoms with van der Waals surface area (Å²) in [6.45, 7) is 16.8. The summed E-state index contributed by atoms with van der Waals surface area (Å²) in [6, 6.07) is 0. The van der Waals surface area contributed by atoms with E-state index in [4.69, 9.17) is 0 Å². The molecule has 0 unspecified atom stereocenters. The van der Waals surface area contributed by atoms with E-state index in [0.29, 0.717) is 11.8 Å². The second-order valence-corrected chi connectivity index (χ2v) is 11.4. The van der Waals surface area contributed by atoms with E-state index in [-0.39, 0.29) is 0 Å². The minimum atomic E-state index is -0.497. The van der Waals surface area contributed by atoms with Gasteiger partial charge in [-0.1, -0.05) is 46.6 Å². The largest absolute Gasteiger partial charge is 0.390 e. The molecule has 0 fully saturated rings. The molecule has 0 aromatic carbocycles. The van der Waals surface area contributed by atoms with E-state index in [1.807, 2.05) is 13.8 Å². The van der Waals surface area contributed by atoms with Gasteiger partial charge in [0.2, 0.25) is 0 Å². The smallest absolute Gasteiger partial charge is 0.0653 e. The van der Waals surface area contributed by atoms with Crippen molar-refractivity contribution in [1.29, 1.82) is 0 Å². The maximum atomic E-state index is 10.5. The molecule has 0 aliphatic heterocycles. The predicted molar refractivity (Wildman–Crippen MR) is 141 cm³/mol. The normalized spacial score (nSPS) is 24.6. The molecule has 0 heterocycles. The van der Waals surface area contributed by atoms with Gasteiger partial charge in [-0.25, -0.2) is 0 Å². The van der Waals surface area contributed by atoms with Crippen molar-refractivity contribution in [2.75, 3.05) is 0 Å². The van der Waals surface area contributed by atoms with Crippen molar-refractivity contribution in [2.24, 2.45) is 11.8 Å².